The largest absolute Gasteiger partial charge is 0.394 e. The van der Waals surface area contributed by atoms with E-state index in [0.29, 0.717) is 23.5 Å². The number of anilines is 2. The van der Waals surface area contributed by atoms with Crippen molar-refractivity contribution < 1.29 is 9.32 Å². The average Bonchev–Trinajstić information content (AvgIpc) is 3.27. The van der Waals surface area contributed by atoms with Crippen molar-refractivity contribution in [2.45, 2.75) is 54.9 Å². The van der Waals surface area contributed by atoms with Crippen LogP contribution in [0.3, 0.4) is 0 Å². The van der Waals surface area contributed by atoms with Gasteiger partial charge in [0.1, 0.15) is 5.82 Å². The fraction of sp³-hybridized carbons (Fsp3) is 0.560. The molecule has 2 aliphatic heterocycles. The second kappa shape index (κ2) is 8.00. The van der Waals surface area contributed by atoms with Crippen LogP contribution < -0.4 is 10.2 Å². The number of rotatable bonds is 5. The highest BCUT2D eigenvalue weighted by molar-refractivity contribution is 7.85. The first-order chi connectivity index (χ1) is 15.5. The number of aliphatic hydroxyl groups is 1. The lowest BCUT2D eigenvalue weighted by Crippen LogP contribution is -2.48. The molecule has 5 nitrogen and oxygen atoms in total. The average molecular weight is 472 g/mol. The summed E-state index contributed by atoms with van der Waals surface area (Å²) >= 11 is 6.12. The van der Waals surface area contributed by atoms with E-state index in [2.05, 4.69) is 28.4 Å². The number of aryl methyl sites for hydroxylation is 1. The molecule has 2 aliphatic carbocycles. The topological polar surface area (TPSA) is 65.5 Å². The number of nitrogens with one attached hydrogen (secondary N) is 1. The Kier molecular flexibility index (Phi) is 5.23. The number of fused-ring (bicyclic) bond motifs is 3. The lowest BCUT2D eigenvalue weighted by atomic mass is 9.77. The molecule has 2 bridgehead atoms. The summed E-state index contributed by atoms with van der Waals surface area (Å²) in [5.74, 6) is 3.48. The Morgan fingerprint density at radius 3 is 2.53 bits per heavy atom. The van der Waals surface area contributed by atoms with Gasteiger partial charge in [0.15, 0.2) is 0 Å². The van der Waals surface area contributed by atoms with Gasteiger partial charge in [0.25, 0.3) is 0 Å². The smallest absolute Gasteiger partial charge is 0.130 e. The summed E-state index contributed by atoms with van der Waals surface area (Å²) in [6.07, 6.45) is 6.31. The minimum Gasteiger partial charge on any atom is -0.394 e. The molecule has 1 aromatic carbocycles. The minimum absolute atomic E-state index is 0.114. The Balaban J connectivity index is 1.30. The Morgan fingerprint density at radius 1 is 1.19 bits per heavy atom. The number of aromatic nitrogens is 1. The number of hydrogen-bond donors (Lipinski definition) is 2. The molecule has 170 valence electrons. The van der Waals surface area contributed by atoms with E-state index in [1.54, 1.807) is 0 Å². The predicted molar refractivity (Wildman–Crippen MR) is 129 cm³/mol. The maximum atomic E-state index is 12.7. The summed E-state index contributed by atoms with van der Waals surface area (Å²) in [4.78, 5) is 8.33. The van der Waals surface area contributed by atoms with E-state index in [1.165, 1.54) is 18.4 Å². The molecule has 1 saturated heterocycles. The highest BCUT2D eigenvalue weighted by atomic mass is 35.5. The lowest BCUT2D eigenvalue weighted by Gasteiger charge is -2.43. The molecule has 2 N–H and O–H groups in total. The maximum Gasteiger partial charge on any atom is 0.130 e. The molecule has 3 atom stereocenters. The monoisotopic (exact) mass is 471 g/mol. The highest BCUT2D eigenvalue weighted by Crippen LogP contribution is 2.49. The van der Waals surface area contributed by atoms with E-state index in [4.69, 9.17) is 16.6 Å². The van der Waals surface area contributed by atoms with Crippen molar-refractivity contribution in [3.63, 3.8) is 0 Å². The molecule has 7 heteroatoms. The molecule has 2 unspecified atom stereocenters. The minimum atomic E-state index is -1.01. The van der Waals surface area contributed by atoms with Gasteiger partial charge in [-0.2, -0.15) is 0 Å². The zero-order valence-electron chi connectivity index (χ0n) is 18.2. The predicted octanol–water partition coefficient (Wildman–Crippen LogP) is 4.36. The summed E-state index contributed by atoms with van der Waals surface area (Å²) in [5, 5.41) is 14.4. The third kappa shape index (κ3) is 3.46. The van der Waals surface area contributed by atoms with Gasteiger partial charge >= 0.3 is 0 Å². The van der Waals surface area contributed by atoms with Gasteiger partial charge in [0, 0.05) is 36.4 Å². The van der Waals surface area contributed by atoms with Crippen molar-refractivity contribution in [2.24, 2.45) is 11.8 Å². The van der Waals surface area contributed by atoms with Crippen LogP contribution in [0.1, 0.15) is 49.3 Å². The van der Waals surface area contributed by atoms with Crippen LogP contribution in [-0.4, -0.2) is 45.3 Å². The van der Waals surface area contributed by atoms with Gasteiger partial charge in [0.05, 0.1) is 39.2 Å². The van der Waals surface area contributed by atoms with E-state index in [9.17, 15) is 9.32 Å². The summed E-state index contributed by atoms with van der Waals surface area (Å²) in [5.41, 5.74) is 3.06. The number of piperidine rings is 1. The van der Waals surface area contributed by atoms with E-state index >= 15 is 0 Å². The van der Waals surface area contributed by atoms with Gasteiger partial charge in [-0.05, 0) is 67.6 Å². The molecule has 0 spiro atoms. The second-order valence-corrected chi connectivity index (χ2v) is 12.0. The highest BCUT2D eigenvalue weighted by Gasteiger charge is 2.44. The zero-order valence-corrected chi connectivity index (χ0v) is 19.8. The van der Waals surface area contributed by atoms with Gasteiger partial charge in [-0.15, -0.1) is 0 Å². The van der Waals surface area contributed by atoms with Crippen LogP contribution in [0.4, 0.5) is 11.5 Å². The van der Waals surface area contributed by atoms with Gasteiger partial charge in [-0.25, -0.2) is 4.98 Å². The molecule has 2 aromatic rings. The van der Waals surface area contributed by atoms with Crippen LogP contribution >= 0.6 is 11.6 Å². The van der Waals surface area contributed by atoms with Crippen LogP contribution in [0.15, 0.2) is 35.2 Å². The fourth-order valence-electron chi connectivity index (χ4n) is 6.39. The zero-order chi connectivity index (χ0) is 21.9. The molecule has 0 radical (unpaired) electrons. The first-order valence-corrected chi connectivity index (χ1v) is 13.6. The molecule has 32 heavy (non-hydrogen) atoms. The van der Waals surface area contributed by atoms with Crippen LogP contribution in [0.2, 0.25) is 5.02 Å². The van der Waals surface area contributed by atoms with Crippen molar-refractivity contribution in [3.05, 3.63) is 46.6 Å². The third-order valence-electron chi connectivity index (χ3n) is 8.21. The number of benzene rings is 1. The SMILES string of the molecule is O=[S@]1CCc2nc(N3CC4CCC(C3)C4c3ccc(Cl)cc3)cc(NC3(CO)CCC3)c21. The summed E-state index contributed by atoms with van der Waals surface area (Å²) < 4.78 is 12.7. The Labute approximate surface area is 197 Å². The molecular formula is C25H30ClN3O2S. The van der Waals surface area contributed by atoms with Crippen LogP contribution in [0.25, 0.3) is 0 Å². The molecule has 6 rings (SSSR count). The van der Waals surface area contributed by atoms with Gasteiger partial charge < -0.3 is 15.3 Å². The van der Waals surface area contributed by atoms with Crippen LogP contribution in [-0.2, 0) is 17.2 Å². The summed E-state index contributed by atoms with van der Waals surface area (Å²) in [7, 11) is -1.01. The number of nitrogens with zero attached hydrogens (tertiary/aromatic N) is 2. The van der Waals surface area contributed by atoms with Crippen molar-refractivity contribution in [1.29, 1.82) is 0 Å². The van der Waals surface area contributed by atoms with Crippen molar-refractivity contribution >= 4 is 33.9 Å². The number of halogens is 1. The van der Waals surface area contributed by atoms with E-state index in [-0.39, 0.29) is 12.1 Å². The van der Waals surface area contributed by atoms with Crippen LogP contribution in [0.5, 0.6) is 0 Å². The van der Waals surface area contributed by atoms with E-state index < -0.39 is 10.8 Å². The Morgan fingerprint density at radius 2 is 1.91 bits per heavy atom. The molecule has 2 saturated carbocycles. The Bertz CT molecular complexity index is 1040. The Hall–Kier alpha value is -1.63. The van der Waals surface area contributed by atoms with Gasteiger partial charge in [-0.1, -0.05) is 23.7 Å². The number of hydrogen-bond acceptors (Lipinski definition) is 5. The molecule has 3 heterocycles. The molecule has 1 aromatic heterocycles. The summed E-state index contributed by atoms with van der Waals surface area (Å²) in [6, 6.07) is 10.5. The lowest BCUT2D eigenvalue weighted by molar-refractivity contribution is 0.144. The number of aliphatic hydroxyl groups excluding tert-OH is 1. The third-order valence-corrected chi connectivity index (χ3v) is 9.95. The molecular weight excluding hydrogens is 442 g/mol. The normalized spacial score (nSPS) is 30.1. The van der Waals surface area contributed by atoms with Crippen LogP contribution in [0, 0.1) is 11.8 Å². The maximum absolute atomic E-state index is 12.7. The van der Waals surface area contributed by atoms with Gasteiger partial charge in [0.2, 0.25) is 0 Å². The molecule has 3 fully saturated rings. The quantitative estimate of drug-likeness (QED) is 0.678. The van der Waals surface area contributed by atoms with E-state index in [0.717, 1.165) is 65.9 Å². The molecule has 4 aliphatic rings. The van der Waals surface area contributed by atoms with Crippen molar-refractivity contribution in [2.75, 3.05) is 35.7 Å². The molecule has 0 amide bonds. The fourth-order valence-corrected chi connectivity index (χ4v) is 7.87. The number of pyridine rings is 1. The first-order valence-electron chi connectivity index (χ1n) is 11.9. The van der Waals surface area contributed by atoms with Crippen molar-refractivity contribution in [1.82, 2.24) is 4.98 Å². The summed E-state index contributed by atoms with van der Waals surface area (Å²) in [6.45, 7) is 2.12. The van der Waals surface area contributed by atoms with Crippen molar-refractivity contribution in [3.8, 4) is 0 Å². The standard InChI is InChI=1S/C25H30ClN3O2S/c26-19-6-4-16(5-7-19)23-17-2-3-18(23)14-29(13-17)22-12-21(28-25(15-30)9-1-10-25)24-20(27-22)8-11-32(24)31/h4-7,12,17-18,23,30H,1-3,8-11,13-15H2,(H,27,28)/t17?,18?,23?,32-/m0/s1. The first kappa shape index (κ1) is 20.9. The van der Waals surface area contributed by atoms with Gasteiger partial charge in [-0.3, -0.25) is 4.21 Å². The second-order valence-electron chi connectivity index (χ2n) is 10.1. The van der Waals surface area contributed by atoms with E-state index in [1.807, 2.05) is 12.1 Å².